The quantitative estimate of drug-likeness (QED) is 0.693. The SMILES string of the molecule is OCC(CO)CC1CC2CCC1C2. The standard InChI is InChI=1S/C11H20O2/c12-6-9(7-13)5-11-4-8-1-2-10(11)3-8/h8-13H,1-7H2. The Hall–Kier alpha value is -0.0800. The van der Waals surface area contributed by atoms with Gasteiger partial charge in [-0.2, -0.15) is 0 Å². The van der Waals surface area contributed by atoms with Crippen molar-refractivity contribution in [2.75, 3.05) is 13.2 Å². The second-order valence-corrected chi connectivity index (χ2v) is 4.90. The topological polar surface area (TPSA) is 40.5 Å². The van der Waals surface area contributed by atoms with Crippen LogP contribution in [0.2, 0.25) is 0 Å². The van der Waals surface area contributed by atoms with Gasteiger partial charge in [0.05, 0.1) is 0 Å². The molecule has 0 heterocycles. The molecule has 0 saturated heterocycles. The van der Waals surface area contributed by atoms with Gasteiger partial charge < -0.3 is 10.2 Å². The third-order valence-corrected chi connectivity index (χ3v) is 4.04. The van der Waals surface area contributed by atoms with Gasteiger partial charge in [0.15, 0.2) is 0 Å². The van der Waals surface area contributed by atoms with Crippen LogP contribution in [0, 0.1) is 23.7 Å². The Bertz CT molecular complexity index is 165. The molecule has 3 unspecified atom stereocenters. The molecule has 2 heteroatoms. The van der Waals surface area contributed by atoms with E-state index in [0.717, 1.165) is 24.2 Å². The van der Waals surface area contributed by atoms with E-state index in [1.807, 2.05) is 0 Å². The third-order valence-electron chi connectivity index (χ3n) is 4.04. The van der Waals surface area contributed by atoms with E-state index in [1.165, 1.54) is 25.7 Å². The highest BCUT2D eigenvalue weighted by Crippen LogP contribution is 2.50. The fraction of sp³-hybridized carbons (Fsp3) is 1.00. The van der Waals surface area contributed by atoms with Gasteiger partial charge in [0.2, 0.25) is 0 Å². The molecule has 2 bridgehead atoms. The summed E-state index contributed by atoms with van der Waals surface area (Å²) in [5.74, 6) is 2.85. The second kappa shape index (κ2) is 3.97. The summed E-state index contributed by atoms with van der Waals surface area (Å²) in [5, 5.41) is 18.0. The van der Waals surface area contributed by atoms with Crippen molar-refractivity contribution in [2.45, 2.75) is 32.1 Å². The molecule has 0 aromatic heterocycles. The van der Waals surface area contributed by atoms with Crippen molar-refractivity contribution in [3.8, 4) is 0 Å². The van der Waals surface area contributed by atoms with Crippen LogP contribution in [0.15, 0.2) is 0 Å². The van der Waals surface area contributed by atoms with Gasteiger partial charge in [-0.1, -0.05) is 6.42 Å². The molecule has 0 amide bonds. The van der Waals surface area contributed by atoms with E-state index in [9.17, 15) is 0 Å². The first kappa shape index (κ1) is 9.47. The summed E-state index contributed by atoms with van der Waals surface area (Å²) >= 11 is 0. The summed E-state index contributed by atoms with van der Waals surface area (Å²) < 4.78 is 0. The van der Waals surface area contributed by atoms with Gasteiger partial charge in [0.1, 0.15) is 0 Å². The van der Waals surface area contributed by atoms with Gasteiger partial charge in [-0.3, -0.25) is 0 Å². The molecular formula is C11H20O2. The fourth-order valence-electron chi connectivity index (χ4n) is 3.30. The van der Waals surface area contributed by atoms with E-state index in [-0.39, 0.29) is 19.1 Å². The Labute approximate surface area is 80.0 Å². The van der Waals surface area contributed by atoms with E-state index in [0.29, 0.717) is 0 Å². The fourth-order valence-corrected chi connectivity index (χ4v) is 3.30. The Morgan fingerprint density at radius 1 is 1.08 bits per heavy atom. The van der Waals surface area contributed by atoms with E-state index in [2.05, 4.69) is 0 Å². The first-order valence-corrected chi connectivity index (χ1v) is 5.55. The van der Waals surface area contributed by atoms with Crippen molar-refractivity contribution in [1.29, 1.82) is 0 Å². The predicted octanol–water partition coefficient (Wildman–Crippen LogP) is 1.41. The molecule has 2 nitrogen and oxygen atoms in total. The van der Waals surface area contributed by atoms with Gasteiger partial charge in [-0.05, 0) is 43.4 Å². The molecule has 0 spiro atoms. The molecule has 2 aliphatic rings. The minimum Gasteiger partial charge on any atom is -0.396 e. The molecule has 2 fully saturated rings. The van der Waals surface area contributed by atoms with Crippen molar-refractivity contribution in [3.63, 3.8) is 0 Å². The van der Waals surface area contributed by atoms with E-state index in [1.54, 1.807) is 0 Å². The molecule has 0 aromatic rings. The van der Waals surface area contributed by atoms with Crippen LogP contribution >= 0.6 is 0 Å². The maximum absolute atomic E-state index is 9.00. The summed E-state index contributed by atoms with van der Waals surface area (Å²) in [6.45, 7) is 0.314. The zero-order valence-electron chi connectivity index (χ0n) is 8.15. The van der Waals surface area contributed by atoms with Crippen LogP contribution in [0.1, 0.15) is 32.1 Å². The Kier molecular flexibility index (Phi) is 2.89. The Morgan fingerprint density at radius 3 is 2.31 bits per heavy atom. The number of aliphatic hydroxyl groups is 2. The largest absolute Gasteiger partial charge is 0.396 e. The lowest BCUT2D eigenvalue weighted by atomic mass is 9.82. The summed E-state index contributed by atoms with van der Waals surface area (Å²) in [7, 11) is 0. The first-order valence-electron chi connectivity index (χ1n) is 5.55. The molecule has 2 aliphatic carbocycles. The smallest absolute Gasteiger partial charge is 0.0481 e. The van der Waals surface area contributed by atoms with Crippen molar-refractivity contribution in [2.24, 2.45) is 23.7 Å². The maximum Gasteiger partial charge on any atom is 0.0481 e. The highest BCUT2D eigenvalue weighted by molar-refractivity contribution is 4.90. The summed E-state index contributed by atoms with van der Waals surface area (Å²) in [6, 6.07) is 0. The monoisotopic (exact) mass is 184 g/mol. The van der Waals surface area contributed by atoms with Crippen molar-refractivity contribution in [3.05, 3.63) is 0 Å². The van der Waals surface area contributed by atoms with Gasteiger partial charge in [-0.25, -0.2) is 0 Å². The Morgan fingerprint density at radius 2 is 1.85 bits per heavy atom. The minimum atomic E-state index is 0.143. The van der Waals surface area contributed by atoms with Crippen LogP contribution in [-0.2, 0) is 0 Å². The molecule has 0 aliphatic heterocycles. The van der Waals surface area contributed by atoms with Crippen LogP contribution in [-0.4, -0.2) is 23.4 Å². The van der Waals surface area contributed by atoms with E-state index >= 15 is 0 Å². The number of aliphatic hydroxyl groups excluding tert-OH is 2. The second-order valence-electron chi connectivity index (χ2n) is 4.90. The lowest BCUT2D eigenvalue weighted by Gasteiger charge is -2.24. The summed E-state index contributed by atoms with van der Waals surface area (Å²) in [6.07, 6.45) is 6.67. The van der Waals surface area contributed by atoms with Gasteiger partial charge in [0, 0.05) is 19.1 Å². The molecule has 13 heavy (non-hydrogen) atoms. The zero-order valence-corrected chi connectivity index (χ0v) is 8.15. The van der Waals surface area contributed by atoms with E-state index in [4.69, 9.17) is 10.2 Å². The van der Waals surface area contributed by atoms with Gasteiger partial charge in [0.25, 0.3) is 0 Å². The molecule has 0 radical (unpaired) electrons. The first-order chi connectivity index (χ1) is 6.33. The minimum absolute atomic E-state index is 0.143. The van der Waals surface area contributed by atoms with Crippen LogP contribution in [0.4, 0.5) is 0 Å². The van der Waals surface area contributed by atoms with Crippen molar-refractivity contribution >= 4 is 0 Å². The average molecular weight is 184 g/mol. The predicted molar refractivity (Wildman–Crippen MR) is 51.2 cm³/mol. The number of hydrogen-bond acceptors (Lipinski definition) is 2. The summed E-state index contributed by atoms with van der Waals surface area (Å²) in [4.78, 5) is 0. The normalized spacial score (nSPS) is 37.6. The van der Waals surface area contributed by atoms with Crippen LogP contribution in [0.25, 0.3) is 0 Å². The molecule has 2 saturated carbocycles. The molecule has 0 aromatic carbocycles. The molecular weight excluding hydrogens is 164 g/mol. The lowest BCUT2D eigenvalue weighted by molar-refractivity contribution is 0.118. The maximum atomic E-state index is 9.00. The number of fused-ring (bicyclic) bond motifs is 2. The van der Waals surface area contributed by atoms with Crippen LogP contribution < -0.4 is 0 Å². The molecule has 3 atom stereocenters. The number of rotatable bonds is 4. The van der Waals surface area contributed by atoms with Gasteiger partial charge >= 0.3 is 0 Å². The van der Waals surface area contributed by atoms with Gasteiger partial charge in [-0.15, -0.1) is 0 Å². The van der Waals surface area contributed by atoms with E-state index < -0.39 is 0 Å². The average Bonchev–Trinajstić information content (AvgIpc) is 2.75. The molecule has 2 N–H and O–H groups in total. The molecule has 2 rings (SSSR count). The summed E-state index contributed by atoms with van der Waals surface area (Å²) in [5.41, 5.74) is 0. The van der Waals surface area contributed by atoms with Crippen LogP contribution in [0.3, 0.4) is 0 Å². The third kappa shape index (κ3) is 1.89. The van der Waals surface area contributed by atoms with Crippen LogP contribution in [0.5, 0.6) is 0 Å². The number of hydrogen-bond donors (Lipinski definition) is 2. The highest BCUT2D eigenvalue weighted by atomic mass is 16.3. The zero-order chi connectivity index (χ0) is 9.26. The highest BCUT2D eigenvalue weighted by Gasteiger charge is 2.39. The van der Waals surface area contributed by atoms with Crippen molar-refractivity contribution < 1.29 is 10.2 Å². The Balaban J connectivity index is 1.82. The molecule has 76 valence electrons. The van der Waals surface area contributed by atoms with Crippen molar-refractivity contribution in [1.82, 2.24) is 0 Å². The lowest BCUT2D eigenvalue weighted by Crippen LogP contribution is -2.19.